The molecule has 2 aliphatic rings. The molecular weight excluding hydrogens is 350 g/mol. The summed E-state index contributed by atoms with van der Waals surface area (Å²) in [6.45, 7) is 1.87. The summed E-state index contributed by atoms with van der Waals surface area (Å²) in [6.07, 6.45) is 0.917. The molecular formula is C21H22F2N2O2. The molecule has 0 aromatic heterocycles. The van der Waals surface area contributed by atoms with E-state index in [1.165, 1.54) is 6.07 Å². The molecule has 4 nitrogen and oxygen atoms in total. The van der Waals surface area contributed by atoms with Crippen LogP contribution in [-0.2, 0) is 16.8 Å². The zero-order chi connectivity index (χ0) is 19.0. The van der Waals surface area contributed by atoms with E-state index < -0.39 is 11.6 Å². The summed E-state index contributed by atoms with van der Waals surface area (Å²) in [5.41, 5.74) is 1.77. The molecule has 142 valence electrons. The van der Waals surface area contributed by atoms with Crippen LogP contribution in [0.2, 0.25) is 0 Å². The van der Waals surface area contributed by atoms with E-state index in [4.69, 9.17) is 4.74 Å². The van der Waals surface area contributed by atoms with Gasteiger partial charge in [0.1, 0.15) is 18.2 Å². The summed E-state index contributed by atoms with van der Waals surface area (Å²) >= 11 is 0. The molecule has 0 unspecified atom stereocenters. The highest BCUT2D eigenvalue weighted by molar-refractivity contribution is 5.68. The zero-order valence-electron chi connectivity index (χ0n) is 15.3. The minimum atomic E-state index is -0.558. The van der Waals surface area contributed by atoms with Gasteiger partial charge in [0, 0.05) is 49.4 Å². The lowest BCUT2D eigenvalue weighted by Gasteiger charge is -2.39. The number of amides is 1. The number of fused-ring (bicyclic) bond motifs is 2. The van der Waals surface area contributed by atoms with E-state index in [0.29, 0.717) is 43.7 Å². The zero-order valence-corrected chi connectivity index (χ0v) is 15.3. The van der Waals surface area contributed by atoms with Crippen molar-refractivity contribution in [1.29, 1.82) is 0 Å². The predicted octanol–water partition coefficient (Wildman–Crippen LogP) is 4.09. The molecule has 1 amide bonds. The van der Waals surface area contributed by atoms with E-state index in [9.17, 15) is 13.6 Å². The van der Waals surface area contributed by atoms with E-state index in [0.717, 1.165) is 11.6 Å². The number of halogens is 2. The number of benzene rings is 2. The monoisotopic (exact) mass is 372 g/mol. The maximum absolute atomic E-state index is 14.5. The van der Waals surface area contributed by atoms with Gasteiger partial charge in [0.05, 0.1) is 0 Å². The number of rotatable bonds is 2. The van der Waals surface area contributed by atoms with Crippen LogP contribution in [0, 0.1) is 11.6 Å². The van der Waals surface area contributed by atoms with Crippen molar-refractivity contribution in [1.82, 2.24) is 4.90 Å². The number of ether oxygens (including phenoxy) is 1. The minimum Gasteiger partial charge on any atom is -0.445 e. The van der Waals surface area contributed by atoms with Gasteiger partial charge in [-0.15, -0.1) is 0 Å². The number of hydrogen-bond donors (Lipinski definition) is 0. The van der Waals surface area contributed by atoms with Gasteiger partial charge in [-0.05, 0) is 24.5 Å². The number of carbonyl (C=O) groups is 1. The van der Waals surface area contributed by atoms with Crippen LogP contribution in [0.25, 0.3) is 0 Å². The third-order valence-corrected chi connectivity index (χ3v) is 5.70. The topological polar surface area (TPSA) is 32.8 Å². The summed E-state index contributed by atoms with van der Waals surface area (Å²) in [5.74, 6) is -1.05. The summed E-state index contributed by atoms with van der Waals surface area (Å²) in [6, 6.07) is 11.9. The second-order valence-electron chi connectivity index (χ2n) is 7.45. The van der Waals surface area contributed by atoms with Crippen LogP contribution in [0.15, 0.2) is 42.5 Å². The molecule has 27 heavy (non-hydrogen) atoms. The highest BCUT2D eigenvalue weighted by Gasteiger charge is 2.46. The fraction of sp³-hybridized carbons (Fsp3) is 0.381. The molecule has 2 heterocycles. The quantitative estimate of drug-likeness (QED) is 0.796. The highest BCUT2D eigenvalue weighted by atomic mass is 19.1. The highest BCUT2D eigenvalue weighted by Crippen LogP contribution is 2.48. The minimum absolute atomic E-state index is 0.237. The van der Waals surface area contributed by atoms with E-state index in [1.54, 1.807) is 4.90 Å². The second kappa shape index (κ2) is 6.83. The summed E-state index contributed by atoms with van der Waals surface area (Å²) in [5, 5.41) is 0. The van der Waals surface area contributed by atoms with Gasteiger partial charge in [0.2, 0.25) is 0 Å². The van der Waals surface area contributed by atoms with Crippen molar-refractivity contribution in [3.8, 4) is 0 Å². The molecule has 2 aromatic carbocycles. The Morgan fingerprint density at radius 2 is 1.85 bits per heavy atom. The van der Waals surface area contributed by atoms with E-state index in [1.807, 2.05) is 42.3 Å². The molecule has 0 saturated carbocycles. The fourth-order valence-corrected chi connectivity index (χ4v) is 4.34. The maximum atomic E-state index is 14.5. The molecule has 2 aromatic rings. The Hall–Kier alpha value is -2.63. The first kappa shape index (κ1) is 17.8. The van der Waals surface area contributed by atoms with Crippen molar-refractivity contribution in [3.05, 3.63) is 65.2 Å². The number of piperidine rings is 1. The SMILES string of the molecule is CN1CC2(CCN(C(=O)OCc3ccccc3)CC2)c2c(F)cc(F)cc21. The molecule has 0 bridgehead atoms. The molecule has 1 fully saturated rings. The van der Waals surface area contributed by atoms with Gasteiger partial charge in [-0.1, -0.05) is 30.3 Å². The van der Waals surface area contributed by atoms with E-state index in [-0.39, 0.29) is 18.1 Å². The average Bonchev–Trinajstić information content (AvgIpc) is 2.93. The molecule has 0 aliphatic carbocycles. The van der Waals surface area contributed by atoms with Crippen LogP contribution in [0.1, 0.15) is 24.0 Å². The Morgan fingerprint density at radius 1 is 1.15 bits per heavy atom. The van der Waals surface area contributed by atoms with Crippen LogP contribution in [0.4, 0.5) is 19.3 Å². The molecule has 0 radical (unpaired) electrons. The first-order valence-corrected chi connectivity index (χ1v) is 9.15. The molecule has 4 rings (SSSR count). The number of nitrogens with zero attached hydrogens (tertiary/aromatic N) is 2. The first-order chi connectivity index (χ1) is 13.0. The maximum Gasteiger partial charge on any atom is 0.410 e. The third-order valence-electron chi connectivity index (χ3n) is 5.70. The molecule has 1 spiro atoms. The molecule has 0 atom stereocenters. The molecule has 2 aliphatic heterocycles. The normalized spacial score (nSPS) is 17.9. The van der Waals surface area contributed by atoms with E-state index >= 15 is 0 Å². The Bertz CT molecular complexity index is 849. The van der Waals surface area contributed by atoms with Gasteiger partial charge >= 0.3 is 6.09 Å². The van der Waals surface area contributed by atoms with Crippen LogP contribution < -0.4 is 4.90 Å². The smallest absolute Gasteiger partial charge is 0.410 e. The van der Waals surface area contributed by atoms with Crippen molar-refractivity contribution in [2.45, 2.75) is 24.9 Å². The number of hydrogen-bond acceptors (Lipinski definition) is 3. The van der Waals surface area contributed by atoms with Gasteiger partial charge in [-0.3, -0.25) is 0 Å². The van der Waals surface area contributed by atoms with Crippen LogP contribution in [0.5, 0.6) is 0 Å². The number of likely N-dealkylation sites (N-methyl/N-ethyl adjacent to an activating group) is 1. The lowest BCUT2D eigenvalue weighted by atomic mass is 9.74. The number of carbonyl (C=O) groups excluding carboxylic acids is 1. The van der Waals surface area contributed by atoms with Crippen molar-refractivity contribution in [2.75, 3.05) is 31.6 Å². The molecule has 0 N–H and O–H groups in total. The van der Waals surface area contributed by atoms with Gasteiger partial charge in [0.25, 0.3) is 0 Å². The Labute approximate surface area is 157 Å². The predicted molar refractivity (Wildman–Crippen MR) is 98.7 cm³/mol. The van der Waals surface area contributed by atoms with E-state index in [2.05, 4.69) is 0 Å². The largest absolute Gasteiger partial charge is 0.445 e. The van der Waals surface area contributed by atoms with Gasteiger partial charge < -0.3 is 14.5 Å². The Morgan fingerprint density at radius 3 is 2.56 bits per heavy atom. The Balaban J connectivity index is 1.43. The molecule has 6 heteroatoms. The van der Waals surface area contributed by atoms with Crippen LogP contribution in [0.3, 0.4) is 0 Å². The van der Waals surface area contributed by atoms with Crippen LogP contribution >= 0.6 is 0 Å². The molecule has 1 saturated heterocycles. The first-order valence-electron chi connectivity index (χ1n) is 9.15. The van der Waals surface area contributed by atoms with Gasteiger partial charge in [-0.25, -0.2) is 13.6 Å². The van der Waals surface area contributed by atoms with Crippen molar-refractivity contribution >= 4 is 11.8 Å². The summed E-state index contributed by atoms with van der Waals surface area (Å²) < 4.78 is 33.6. The van der Waals surface area contributed by atoms with Gasteiger partial charge in [-0.2, -0.15) is 0 Å². The van der Waals surface area contributed by atoms with Crippen molar-refractivity contribution < 1.29 is 18.3 Å². The number of likely N-dealkylation sites (tertiary alicyclic amines) is 1. The third kappa shape index (κ3) is 3.24. The summed E-state index contributed by atoms with van der Waals surface area (Å²) in [4.78, 5) is 15.9. The Kier molecular flexibility index (Phi) is 4.50. The van der Waals surface area contributed by atoms with Crippen molar-refractivity contribution in [2.24, 2.45) is 0 Å². The second-order valence-corrected chi connectivity index (χ2v) is 7.45. The standard InChI is InChI=1S/C21H22F2N2O2/c1-24-14-21(19-17(23)11-16(22)12-18(19)24)7-9-25(10-8-21)20(26)27-13-15-5-3-2-4-6-15/h2-6,11-12H,7-10,13-14H2,1H3. The average molecular weight is 372 g/mol. The lowest BCUT2D eigenvalue weighted by molar-refractivity contribution is 0.0787. The van der Waals surface area contributed by atoms with Crippen LogP contribution in [-0.4, -0.2) is 37.7 Å². The lowest BCUT2D eigenvalue weighted by Crippen LogP contribution is -2.47. The van der Waals surface area contributed by atoms with Gasteiger partial charge in [0.15, 0.2) is 0 Å². The summed E-state index contributed by atoms with van der Waals surface area (Å²) in [7, 11) is 1.85. The fourth-order valence-electron chi connectivity index (χ4n) is 4.34. The number of anilines is 1. The van der Waals surface area contributed by atoms with Crippen molar-refractivity contribution in [3.63, 3.8) is 0 Å².